The molecule has 3 nitrogen and oxygen atoms in total. The van der Waals surface area contributed by atoms with E-state index < -0.39 is 17.2 Å². The van der Waals surface area contributed by atoms with E-state index in [0.29, 0.717) is 0 Å². The molecule has 1 rings (SSSR count). The minimum Gasteiger partial charge on any atom is -0.476 e. The second-order valence-electron chi connectivity index (χ2n) is 4.30. The lowest BCUT2D eigenvalue weighted by atomic mass is 9.80. The van der Waals surface area contributed by atoms with Crippen LogP contribution in [0.1, 0.15) is 25.8 Å². The van der Waals surface area contributed by atoms with E-state index in [1.165, 1.54) is 0 Å². The first-order valence-corrected chi connectivity index (χ1v) is 5.64. The van der Waals surface area contributed by atoms with Gasteiger partial charge in [0.2, 0.25) is 5.78 Å². The van der Waals surface area contributed by atoms with Gasteiger partial charge >= 0.3 is 5.97 Å². The van der Waals surface area contributed by atoms with Crippen molar-refractivity contribution in [1.82, 2.24) is 0 Å². The number of aliphatic carboxylic acids is 1. The van der Waals surface area contributed by atoms with Gasteiger partial charge in [-0.1, -0.05) is 41.9 Å². The van der Waals surface area contributed by atoms with Crippen LogP contribution in [0.5, 0.6) is 0 Å². The summed E-state index contributed by atoms with van der Waals surface area (Å²) in [5.41, 5.74) is 0.468. The van der Waals surface area contributed by atoms with Gasteiger partial charge in [-0.3, -0.25) is 4.79 Å². The van der Waals surface area contributed by atoms with Crippen molar-refractivity contribution in [2.75, 3.05) is 0 Å². The molecule has 0 amide bonds. The molecule has 86 valence electrons. The van der Waals surface area contributed by atoms with Gasteiger partial charge in [0.05, 0.1) is 0 Å². The highest BCUT2D eigenvalue weighted by atomic mass is 79.9. The molecule has 0 aliphatic rings. The number of Topliss-reactive ketones (excluding diaryl/α,β-unsaturated/α-hetero) is 1. The van der Waals surface area contributed by atoms with Gasteiger partial charge in [0, 0.05) is 10.9 Å². The molecular formula is C12H13BrO3. The predicted octanol–water partition coefficient (Wildman–Crippen LogP) is 2.77. The van der Waals surface area contributed by atoms with Gasteiger partial charge < -0.3 is 5.11 Å². The number of halogens is 1. The number of ketones is 1. The number of benzene rings is 1. The first-order chi connectivity index (χ1) is 7.33. The Labute approximate surface area is 103 Å². The van der Waals surface area contributed by atoms with Crippen LogP contribution in [0.15, 0.2) is 28.7 Å². The maximum absolute atomic E-state index is 11.2. The van der Waals surface area contributed by atoms with Crippen LogP contribution in [-0.4, -0.2) is 16.9 Å². The van der Waals surface area contributed by atoms with Gasteiger partial charge in [0.15, 0.2) is 0 Å². The van der Waals surface area contributed by atoms with Crippen LogP contribution >= 0.6 is 15.9 Å². The molecule has 0 aromatic heterocycles. The highest BCUT2D eigenvalue weighted by Crippen LogP contribution is 2.29. The number of carboxylic acids is 1. The molecule has 1 aromatic carbocycles. The summed E-state index contributed by atoms with van der Waals surface area (Å²) in [7, 11) is 0. The fraction of sp³-hybridized carbons (Fsp3) is 0.333. The SMILES string of the molecule is CC(C)(CC(=O)C(=O)O)c1cccc(Br)c1. The highest BCUT2D eigenvalue weighted by Gasteiger charge is 2.27. The molecule has 16 heavy (non-hydrogen) atoms. The van der Waals surface area contributed by atoms with Crippen LogP contribution in [0.3, 0.4) is 0 Å². The maximum Gasteiger partial charge on any atom is 0.372 e. The van der Waals surface area contributed by atoms with Gasteiger partial charge in [-0.05, 0) is 23.1 Å². The van der Waals surface area contributed by atoms with Crippen LogP contribution in [-0.2, 0) is 15.0 Å². The van der Waals surface area contributed by atoms with Crippen LogP contribution in [0.4, 0.5) is 0 Å². The normalized spacial score (nSPS) is 11.2. The van der Waals surface area contributed by atoms with Gasteiger partial charge in [-0.2, -0.15) is 0 Å². The highest BCUT2D eigenvalue weighted by molar-refractivity contribution is 9.10. The monoisotopic (exact) mass is 284 g/mol. The molecule has 0 heterocycles. The Morgan fingerprint density at radius 1 is 1.38 bits per heavy atom. The third kappa shape index (κ3) is 3.17. The number of hydrogen-bond acceptors (Lipinski definition) is 2. The Kier molecular flexibility index (Phi) is 3.86. The first-order valence-electron chi connectivity index (χ1n) is 4.85. The first kappa shape index (κ1) is 12.9. The van der Waals surface area contributed by atoms with Gasteiger partial charge in [-0.15, -0.1) is 0 Å². The van der Waals surface area contributed by atoms with Crippen molar-refractivity contribution in [2.45, 2.75) is 25.7 Å². The third-order valence-electron chi connectivity index (χ3n) is 2.45. The van der Waals surface area contributed by atoms with Gasteiger partial charge in [0.25, 0.3) is 0 Å². The summed E-state index contributed by atoms with van der Waals surface area (Å²) in [4.78, 5) is 21.7. The van der Waals surface area contributed by atoms with Crippen molar-refractivity contribution in [3.63, 3.8) is 0 Å². The van der Waals surface area contributed by atoms with E-state index >= 15 is 0 Å². The summed E-state index contributed by atoms with van der Waals surface area (Å²) in [6.07, 6.45) is -0.00120. The van der Waals surface area contributed by atoms with Crippen molar-refractivity contribution in [3.05, 3.63) is 34.3 Å². The zero-order valence-electron chi connectivity index (χ0n) is 9.16. The average molecular weight is 285 g/mol. The minimum atomic E-state index is -1.37. The molecule has 0 saturated heterocycles. The van der Waals surface area contributed by atoms with Crippen LogP contribution < -0.4 is 0 Å². The summed E-state index contributed by atoms with van der Waals surface area (Å²) >= 11 is 3.35. The molecule has 0 aliphatic carbocycles. The Balaban J connectivity index is 2.93. The van der Waals surface area contributed by atoms with Crippen molar-refractivity contribution >= 4 is 27.7 Å². The Hall–Kier alpha value is -1.16. The van der Waals surface area contributed by atoms with Gasteiger partial charge in [-0.25, -0.2) is 4.79 Å². The Morgan fingerprint density at radius 3 is 2.50 bits per heavy atom. The van der Waals surface area contributed by atoms with E-state index in [1.807, 2.05) is 38.1 Å². The lowest BCUT2D eigenvalue weighted by Gasteiger charge is -2.23. The Morgan fingerprint density at radius 2 is 2.00 bits per heavy atom. The van der Waals surface area contributed by atoms with E-state index in [0.717, 1.165) is 10.0 Å². The second-order valence-corrected chi connectivity index (χ2v) is 5.22. The molecule has 0 unspecified atom stereocenters. The van der Waals surface area contributed by atoms with Crippen molar-refractivity contribution in [3.8, 4) is 0 Å². The molecule has 0 radical (unpaired) electrons. The van der Waals surface area contributed by atoms with E-state index in [-0.39, 0.29) is 6.42 Å². The lowest BCUT2D eigenvalue weighted by molar-refractivity contribution is -0.149. The number of carboxylic acid groups (broad SMARTS) is 1. The molecule has 1 aromatic rings. The standard InChI is InChI=1S/C12H13BrO3/c1-12(2,7-10(14)11(15)16)8-4-3-5-9(13)6-8/h3-6H,7H2,1-2H3,(H,15,16). The van der Waals surface area contributed by atoms with E-state index in [2.05, 4.69) is 15.9 Å². The zero-order chi connectivity index (χ0) is 12.3. The molecule has 0 bridgehead atoms. The second kappa shape index (κ2) is 4.78. The quantitative estimate of drug-likeness (QED) is 0.865. The molecular weight excluding hydrogens is 272 g/mol. The lowest BCUT2D eigenvalue weighted by Crippen LogP contribution is -2.26. The van der Waals surface area contributed by atoms with Crippen LogP contribution in [0.25, 0.3) is 0 Å². The van der Waals surface area contributed by atoms with E-state index in [4.69, 9.17) is 5.11 Å². The number of rotatable bonds is 4. The largest absolute Gasteiger partial charge is 0.476 e. The average Bonchev–Trinajstić information content (AvgIpc) is 2.17. The Bertz CT molecular complexity index is 424. The molecule has 0 aliphatic heterocycles. The summed E-state index contributed by atoms with van der Waals surface area (Å²) < 4.78 is 0.917. The number of carbonyl (C=O) groups is 2. The fourth-order valence-corrected chi connectivity index (χ4v) is 1.89. The van der Waals surface area contributed by atoms with Crippen molar-refractivity contribution in [1.29, 1.82) is 0 Å². The smallest absolute Gasteiger partial charge is 0.372 e. The maximum atomic E-state index is 11.2. The number of hydrogen-bond donors (Lipinski definition) is 1. The van der Waals surface area contributed by atoms with Crippen LogP contribution in [0.2, 0.25) is 0 Å². The van der Waals surface area contributed by atoms with Gasteiger partial charge in [0.1, 0.15) is 0 Å². The van der Waals surface area contributed by atoms with Crippen LogP contribution in [0, 0.1) is 0 Å². The molecule has 1 N–H and O–H groups in total. The van der Waals surface area contributed by atoms with E-state index in [1.54, 1.807) is 0 Å². The summed E-state index contributed by atoms with van der Waals surface area (Å²) in [6.45, 7) is 3.71. The minimum absolute atomic E-state index is 0.00120. The van der Waals surface area contributed by atoms with Crippen molar-refractivity contribution < 1.29 is 14.7 Å². The molecule has 4 heteroatoms. The summed E-state index contributed by atoms with van der Waals surface area (Å²) in [5.74, 6) is -2.13. The topological polar surface area (TPSA) is 54.4 Å². The molecule has 0 spiro atoms. The zero-order valence-corrected chi connectivity index (χ0v) is 10.7. The summed E-state index contributed by atoms with van der Waals surface area (Å²) in [6, 6.07) is 7.54. The summed E-state index contributed by atoms with van der Waals surface area (Å²) in [5, 5.41) is 8.59. The third-order valence-corrected chi connectivity index (χ3v) is 2.94. The molecule has 0 saturated carbocycles. The predicted molar refractivity (Wildman–Crippen MR) is 64.4 cm³/mol. The molecule has 0 atom stereocenters. The number of carbonyl (C=O) groups excluding carboxylic acids is 1. The van der Waals surface area contributed by atoms with E-state index in [9.17, 15) is 9.59 Å². The fourth-order valence-electron chi connectivity index (χ4n) is 1.49. The van der Waals surface area contributed by atoms with Crippen molar-refractivity contribution in [2.24, 2.45) is 0 Å². The molecule has 0 fully saturated rings.